The van der Waals surface area contributed by atoms with Crippen molar-refractivity contribution in [1.29, 1.82) is 0 Å². The van der Waals surface area contributed by atoms with Crippen molar-refractivity contribution in [2.45, 2.75) is 31.3 Å². The molecule has 9 nitrogen and oxygen atoms in total. The number of amides is 2. The predicted molar refractivity (Wildman–Crippen MR) is 80.4 cm³/mol. The summed E-state index contributed by atoms with van der Waals surface area (Å²) in [5, 5.41) is 22.0. The maximum absolute atomic E-state index is 11.8. The highest BCUT2D eigenvalue weighted by molar-refractivity contribution is 7.98. The van der Waals surface area contributed by atoms with Gasteiger partial charge in [-0.1, -0.05) is 0 Å². The monoisotopic (exact) mass is 335 g/mol. The number of hydrogen-bond donors (Lipinski definition) is 5. The van der Waals surface area contributed by atoms with E-state index < -0.39 is 35.8 Å². The second-order valence-corrected chi connectivity index (χ2v) is 5.40. The molecule has 0 heterocycles. The molecule has 0 aliphatic rings. The maximum Gasteiger partial charge on any atom is 0.320 e. The molecule has 0 fully saturated rings. The quantitative estimate of drug-likeness (QED) is 0.309. The number of carboxylic acids is 2. The molecule has 22 heavy (non-hydrogen) atoms. The minimum atomic E-state index is -1.19. The van der Waals surface area contributed by atoms with Gasteiger partial charge in [-0.2, -0.15) is 11.8 Å². The molecule has 0 spiro atoms. The molecule has 0 unspecified atom stereocenters. The number of nitrogens with two attached hydrogens (primary N) is 1. The Kier molecular flexibility index (Phi) is 9.96. The number of aliphatic carboxylic acids is 2. The van der Waals surface area contributed by atoms with E-state index in [1.807, 2.05) is 0 Å². The van der Waals surface area contributed by atoms with Crippen molar-refractivity contribution in [3.63, 3.8) is 0 Å². The van der Waals surface area contributed by atoms with Gasteiger partial charge in [-0.25, -0.2) is 0 Å². The zero-order valence-electron chi connectivity index (χ0n) is 12.2. The van der Waals surface area contributed by atoms with Gasteiger partial charge in [-0.15, -0.1) is 0 Å². The summed E-state index contributed by atoms with van der Waals surface area (Å²) in [5.41, 5.74) is 5.29. The number of hydrogen-bond acceptors (Lipinski definition) is 6. The number of carboxylic acid groups (broad SMARTS) is 2. The van der Waals surface area contributed by atoms with Gasteiger partial charge in [0.25, 0.3) is 0 Å². The Bertz CT molecular complexity index is 418. The average molecular weight is 335 g/mol. The third-order valence-corrected chi connectivity index (χ3v) is 3.29. The highest BCUT2D eigenvalue weighted by Gasteiger charge is 2.21. The lowest BCUT2D eigenvalue weighted by Gasteiger charge is -2.17. The maximum atomic E-state index is 11.8. The van der Waals surface area contributed by atoms with Gasteiger partial charge in [-0.3, -0.25) is 19.2 Å². The van der Waals surface area contributed by atoms with Gasteiger partial charge >= 0.3 is 11.9 Å². The molecule has 0 bridgehead atoms. The van der Waals surface area contributed by atoms with E-state index in [0.29, 0.717) is 5.75 Å². The molecule has 0 aliphatic heterocycles. The van der Waals surface area contributed by atoms with E-state index in [4.69, 9.17) is 15.9 Å². The molecule has 0 radical (unpaired) electrons. The molecule has 0 aromatic rings. The number of rotatable bonds is 11. The zero-order valence-corrected chi connectivity index (χ0v) is 13.0. The first-order chi connectivity index (χ1) is 10.3. The van der Waals surface area contributed by atoms with Crippen LogP contribution >= 0.6 is 11.8 Å². The summed E-state index contributed by atoms with van der Waals surface area (Å²) in [5.74, 6) is -2.88. The van der Waals surface area contributed by atoms with E-state index >= 15 is 0 Å². The van der Waals surface area contributed by atoms with Crippen LogP contribution in [0.2, 0.25) is 0 Å². The molecule has 126 valence electrons. The molecule has 6 N–H and O–H groups in total. The van der Waals surface area contributed by atoms with Crippen molar-refractivity contribution in [2.75, 3.05) is 18.6 Å². The van der Waals surface area contributed by atoms with Crippen LogP contribution in [-0.4, -0.2) is 64.6 Å². The Morgan fingerprint density at radius 2 is 1.82 bits per heavy atom. The van der Waals surface area contributed by atoms with Crippen molar-refractivity contribution in [2.24, 2.45) is 5.73 Å². The van der Waals surface area contributed by atoms with E-state index in [1.54, 1.807) is 6.26 Å². The van der Waals surface area contributed by atoms with Gasteiger partial charge in [0.1, 0.15) is 12.1 Å². The predicted octanol–water partition coefficient (Wildman–Crippen LogP) is -1.38. The lowest BCUT2D eigenvalue weighted by Crippen LogP contribution is -2.49. The summed E-state index contributed by atoms with van der Waals surface area (Å²) in [6.45, 7) is -0.0290. The number of nitrogens with one attached hydrogen (secondary N) is 2. The highest BCUT2D eigenvalue weighted by atomic mass is 32.2. The molecule has 0 aromatic carbocycles. The fourth-order valence-electron chi connectivity index (χ4n) is 1.44. The van der Waals surface area contributed by atoms with Gasteiger partial charge in [0.2, 0.25) is 11.8 Å². The first-order valence-electron chi connectivity index (χ1n) is 6.54. The van der Waals surface area contributed by atoms with Crippen LogP contribution in [0.15, 0.2) is 0 Å². The molecular formula is C12H21N3O6S. The standard InChI is InChI=1S/C12H21N3O6S/c1-22-6-8(11(19)14-5-4-10(17)18)15-9(16)3-2-7(13)12(20)21/h7-8H,2-6,13H2,1H3,(H,14,19)(H,15,16)(H,17,18)(H,20,21)/t7-,8+/m1/s1. The Hall–Kier alpha value is -1.81. The second-order valence-electron chi connectivity index (χ2n) is 4.49. The second kappa shape index (κ2) is 10.9. The Morgan fingerprint density at radius 3 is 2.32 bits per heavy atom. The molecule has 2 atom stereocenters. The van der Waals surface area contributed by atoms with Gasteiger partial charge in [0.15, 0.2) is 0 Å². The summed E-state index contributed by atoms with van der Waals surface area (Å²) >= 11 is 1.34. The van der Waals surface area contributed by atoms with E-state index in [1.165, 1.54) is 11.8 Å². The van der Waals surface area contributed by atoms with Crippen LogP contribution in [-0.2, 0) is 19.2 Å². The molecule has 2 amide bonds. The lowest BCUT2D eigenvalue weighted by atomic mass is 10.1. The first kappa shape index (κ1) is 20.2. The number of carbonyl (C=O) groups excluding carboxylic acids is 2. The summed E-state index contributed by atoms with van der Waals surface area (Å²) in [7, 11) is 0. The van der Waals surface area contributed by atoms with Crippen molar-refractivity contribution >= 4 is 35.5 Å². The minimum Gasteiger partial charge on any atom is -0.481 e. The Labute approximate surface area is 132 Å². The van der Waals surface area contributed by atoms with E-state index in [0.717, 1.165) is 0 Å². The van der Waals surface area contributed by atoms with Crippen LogP contribution < -0.4 is 16.4 Å². The van der Waals surface area contributed by atoms with Gasteiger partial charge in [0.05, 0.1) is 6.42 Å². The molecule has 10 heteroatoms. The molecule has 0 rings (SSSR count). The van der Waals surface area contributed by atoms with Crippen molar-refractivity contribution in [3.8, 4) is 0 Å². The van der Waals surface area contributed by atoms with Crippen molar-refractivity contribution in [3.05, 3.63) is 0 Å². The normalized spacial score (nSPS) is 13.0. The summed E-state index contributed by atoms with van der Waals surface area (Å²) in [6.07, 6.45) is 1.40. The van der Waals surface area contributed by atoms with Gasteiger partial charge in [0, 0.05) is 18.7 Å². The number of thioether (sulfide) groups is 1. The van der Waals surface area contributed by atoms with Crippen LogP contribution in [0.5, 0.6) is 0 Å². The van der Waals surface area contributed by atoms with Gasteiger partial charge in [-0.05, 0) is 12.7 Å². The molecule has 0 aliphatic carbocycles. The highest BCUT2D eigenvalue weighted by Crippen LogP contribution is 2.01. The van der Waals surface area contributed by atoms with E-state index in [9.17, 15) is 19.2 Å². The fraction of sp³-hybridized carbons (Fsp3) is 0.667. The number of carbonyl (C=O) groups is 4. The zero-order chi connectivity index (χ0) is 17.1. The van der Waals surface area contributed by atoms with Crippen molar-refractivity contribution < 1.29 is 29.4 Å². The van der Waals surface area contributed by atoms with Crippen LogP contribution in [0, 0.1) is 0 Å². The minimum absolute atomic E-state index is 0.0290. The smallest absolute Gasteiger partial charge is 0.320 e. The average Bonchev–Trinajstić information content (AvgIpc) is 2.43. The third kappa shape index (κ3) is 9.19. The molecule has 0 saturated heterocycles. The fourth-order valence-corrected chi connectivity index (χ4v) is 2.01. The SMILES string of the molecule is CSC[C@H](NC(=O)CC[C@@H](N)C(=O)O)C(=O)NCCC(=O)O. The van der Waals surface area contributed by atoms with Crippen LogP contribution in [0.1, 0.15) is 19.3 Å². The summed E-state index contributed by atoms with van der Waals surface area (Å²) in [6, 6.07) is -1.94. The van der Waals surface area contributed by atoms with Crippen molar-refractivity contribution in [1.82, 2.24) is 10.6 Å². The Balaban J connectivity index is 4.31. The molecule has 0 aromatic heterocycles. The van der Waals surface area contributed by atoms with Crippen LogP contribution in [0.4, 0.5) is 0 Å². The largest absolute Gasteiger partial charge is 0.481 e. The van der Waals surface area contributed by atoms with Crippen LogP contribution in [0.25, 0.3) is 0 Å². The third-order valence-electron chi connectivity index (χ3n) is 2.62. The topological polar surface area (TPSA) is 159 Å². The summed E-state index contributed by atoms with van der Waals surface area (Å²) in [4.78, 5) is 44.5. The molecular weight excluding hydrogens is 314 g/mol. The summed E-state index contributed by atoms with van der Waals surface area (Å²) < 4.78 is 0. The first-order valence-corrected chi connectivity index (χ1v) is 7.93. The van der Waals surface area contributed by atoms with Gasteiger partial charge < -0.3 is 26.6 Å². The Morgan fingerprint density at radius 1 is 1.18 bits per heavy atom. The van der Waals surface area contributed by atoms with E-state index in [2.05, 4.69) is 10.6 Å². The van der Waals surface area contributed by atoms with Crippen LogP contribution in [0.3, 0.4) is 0 Å². The lowest BCUT2D eigenvalue weighted by molar-refractivity contribution is -0.139. The molecule has 0 saturated carbocycles. The van der Waals surface area contributed by atoms with E-state index in [-0.39, 0.29) is 25.8 Å².